The minimum atomic E-state index is -3.69. The lowest BCUT2D eigenvalue weighted by Crippen LogP contribution is -2.23. The highest BCUT2D eigenvalue weighted by Crippen LogP contribution is 2.22. The lowest BCUT2D eigenvalue weighted by Gasteiger charge is -2.08. The van der Waals surface area contributed by atoms with E-state index in [4.69, 9.17) is 5.11 Å². The van der Waals surface area contributed by atoms with Crippen molar-refractivity contribution in [1.82, 2.24) is 15.1 Å². The Morgan fingerprint density at radius 2 is 1.71 bits per heavy atom. The maximum Gasteiger partial charge on any atom is 0.304 e. The average molecular weight is 482 g/mol. The van der Waals surface area contributed by atoms with Gasteiger partial charge in [-0.3, -0.25) is 9.59 Å². The molecule has 0 fully saturated rings. The predicted octanol–water partition coefficient (Wildman–Crippen LogP) is 3.34. The van der Waals surface area contributed by atoms with Gasteiger partial charge in [0.15, 0.2) is 9.84 Å². The number of amides is 1. The second-order valence-electron chi connectivity index (χ2n) is 7.56. The summed E-state index contributed by atoms with van der Waals surface area (Å²) < 4.78 is 39.2. The summed E-state index contributed by atoms with van der Waals surface area (Å²) in [5.74, 6) is -2.34. The largest absolute Gasteiger partial charge is 0.481 e. The molecule has 0 aliphatic carbocycles. The fourth-order valence-corrected chi connectivity index (χ4v) is 4.70. The van der Waals surface area contributed by atoms with Crippen molar-refractivity contribution in [1.29, 1.82) is 0 Å². The van der Waals surface area contributed by atoms with Crippen LogP contribution in [0.25, 0.3) is 16.6 Å². The molecule has 0 atom stereocenters. The minimum absolute atomic E-state index is 0.0294. The Morgan fingerprint density at radius 1 is 1.00 bits per heavy atom. The van der Waals surface area contributed by atoms with Gasteiger partial charge in [-0.15, -0.1) is 0 Å². The summed E-state index contributed by atoms with van der Waals surface area (Å²) in [7, 11) is -3.69. The number of carboxylic acids is 1. The van der Waals surface area contributed by atoms with Crippen molar-refractivity contribution in [3.8, 4) is 5.69 Å². The molecule has 4 aromatic rings. The van der Waals surface area contributed by atoms with Crippen LogP contribution in [0, 0.1) is 5.82 Å². The average Bonchev–Trinajstić information content (AvgIpc) is 3.26. The Morgan fingerprint density at radius 3 is 2.38 bits per heavy atom. The molecule has 0 aliphatic heterocycles. The van der Waals surface area contributed by atoms with E-state index in [0.717, 1.165) is 0 Å². The number of hydrogen-bond donors (Lipinski definition) is 2. The van der Waals surface area contributed by atoms with Crippen LogP contribution in [0.3, 0.4) is 0 Å². The van der Waals surface area contributed by atoms with Gasteiger partial charge in [0.1, 0.15) is 5.82 Å². The molecular weight excluding hydrogens is 461 g/mol. The Bertz CT molecular complexity index is 1460. The van der Waals surface area contributed by atoms with Crippen LogP contribution in [-0.2, 0) is 21.2 Å². The van der Waals surface area contributed by atoms with Crippen molar-refractivity contribution in [2.75, 3.05) is 5.75 Å². The maximum absolute atomic E-state index is 13.2. The molecular formula is C24H20FN3O5S. The summed E-state index contributed by atoms with van der Waals surface area (Å²) in [6, 6.07) is 17.0. The zero-order chi connectivity index (χ0) is 24.3. The third-order valence-corrected chi connectivity index (χ3v) is 6.98. The van der Waals surface area contributed by atoms with Gasteiger partial charge in [0.2, 0.25) is 0 Å². The molecule has 0 saturated heterocycles. The highest BCUT2D eigenvalue weighted by Gasteiger charge is 2.17. The van der Waals surface area contributed by atoms with Gasteiger partial charge >= 0.3 is 5.97 Å². The second-order valence-corrected chi connectivity index (χ2v) is 9.67. The molecule has 8 nitrogen and oxygen atoms in total. The van der Waals surface area contributed by atoms with Crippen LogP contribution in [-0.4, -0.2) is 40.9 Å². The summed E-state index contributed by atoms with van der Waals surface area (Å²) in [5, 5.41) is 16.5. The SMILES string of the molecule is O=C(O)CCS(=O)(=O)c1ccc(CNC(=O)c2cccc3c2cnn3-c2ccc(F)cc2)cc1. The fourth-order valence-electron chi connectivity index (χ4n) is 3.47. The van der Waals surface area contributed by atoms with Crippen LogP contribution in [0.2, 0.25) is 0 Å². The van der Waals surface area contributed by atoms with Gasteiger partial charge in [-0.1, -0.05) is 18.2 Å². The van der Waals surface area contributed by atoms with Crippen molar-refractivity contribution in [2.45, 2.75) is 17.9 Å². The maximum atomic E-state index is 13.2. The lowest BCUT2D eigenvalue weighted by molar-refractivity contribution is -0.136. The van der Waals surface area contributed by atoms with E-state index in [2.05, 4.69) is 10.4 Å². The number of rotatable bonds is 8. The van der Waals surface area contributed by atoms with Crippen LogP contribution in [0.5, 0.6) is 0 Å². The van der Waals surface area contributed by atoms with E-state index in [1.54, 1.807) is 47.3 Å². The molecule has 0 saturated carbocycles. The molecule has 0 aliphatic rings. The molecule has 4 rings (SSSR count). The monoisotopic (exact) mass is 481 g/mol. The van der Waals surface area contributed by atoms with Crippen LogP contribution < -0.4 is 5.32 Å². The number of nitrogens with zero attached hydrogens (tertiary/aromatic N) is 2. The number of sulfone groups is 1. The van der Waals surface area contributed by atoms with Crippen molar-refractivity contribution in [2.24, 2.45) is 0 Å². The number of hydrogen-bond acceptors (Lipinski definition) is 5. The number of fused-ring (bicyclic) bond motifs is 1. The highest BCUT2D eigenvalue weighted by molar-refractivity contribution is 7.91. The number of carbonyl (C=O) groups excluding carboxylic acids is 1. The summed E-state index contributed by atoms with van der Waals surface area (Å²) in [5.41, 5.74) is 2.45. The number of halogens is 1. The van der Waals surface area contributed by atoms with Crippen LogP contribution in [0.4, 0.5) is 4.39 Å². The van der Waals surface area contributed by atoms with Gasteiger partial charge in [-0.05, 0) is 54.1 Å². The quantitative estimate of drug-likeness (QED) is 0.399. The molecule has 10 heteroatoms. The van der Waals surface area contributed by atoms with E-state index in [1.165, 1.54) is 24.3 Å². The van der Waals surface area contributed by atoms with E-state index in [-0.39, 0.29) is 23.2 Å². The Hall–Kier alpha value is -4.05. The topological polar surface area (TPSA) is 118 Å². The van der Waals surface area contributed by atoms with Gasteiger partial charge in [-0.25, -0.2) is 17.5 Å². The first kappa shape index (κ1) is 23.1. The van der Waals surface area contributed by atoms with Crippen molar-refractivity contribution >= 4 is 32.6 Å². The molecule has 34 heavy (non-hydrogen) atoms. The molecule has 2 N–H and O–H groups in total. The number of benzene rings is 3. The first-order valence-electron chi connectivity index (χ1n) is 10.3. The van der Waals surface area contributed by atoms with E-state index >= 15 is 0 Å². The molecule has 1 aromatic heterocycles. The van der Waals surface area contributed by atoms with Crippen molar-refractivity contribution in [3.63, 3.8) is 0 Å². The van der Waals surface area contributed by atoms with Crippen molar-refractivity contribution in [3.05, 3.63) is 89.9 Å². The summed E-state index contributed by atoms with van der Waals surface area (Å²) in [4.78, 5) is 23.5. The van der Waals surface area contributed by atoms with Crippen molar-refractivity contribution < 1.29 is 27.5 Å². The van der Waals surface area contributed by atoms with Gasteiger partial charge < -0.3 is 10.4 Å². The lowest BCUT2D eigenvalue weighted by atomic mass is 10.1. The van der Waals surface area contributed by atoms with Gasteiger partial charge in [0.05, 0.1) is 40.0 Å². The third-order valence-electron chi connectivity index (χ3n) is 5.25. The Labute approximate surface area is 194 Å². The minimum Gasteiger partial charge on any atom is -0.481 e. The normalized spacial score (nSPS) is 11.4. The number of aliphatic carboxylic acids is 1. The zero-order valence-corrected chi connectivity index (χ0v) is 18.6. The molecule has 1 heterocycles. The van der Waals surface area contributed by atoms with Gasteiger partial charge in [0, 0.05) is 11.9 Å². The fraction of sp³-hybridized carbons (Fsp3) is 0.125. The smallest absolute Gasteiger partial charge is 0.304 e. The van der Waals surface area contributed by atoms with E-state index in [1.807, 2.05) is 6.07 Å². The predicted molar refractivity (Wildman–Crippen MR) is 123 cm³/mol. The highest BCUT2D eigenvalue weighted by atomic mass is 32.2. The second kappa shape index (κ2) is 9.44. The van der Waals surface area contributed by atoms with Gasteiger partial charge in [-0.2, -0.15) is 5.10 Å². The van der Waals surface area contributed by atoms with Crippen LogP contribution in [0.15, 0.2) is 77.8 Å². The summed E-state index contributed by atoms with van der Waals surface area (Å²) in [6.45, 7) is 0.163. The number of carbonyl (C=O) groups is 2. The van der Waals surface area contributed by atoms with E-state index in [9.17, 15) is 22.4 Å². The Balaban J connectivity index is 1.48. The molecule has 0 radical (unpaired) electrons. The molecule has 0 spiro atoms. The first-order valence-corrected chi connectivity index (χ1v) is 11.9. The van der Waals surface area contributed by atoms with E-state index in [0.29, 0.717) is 27.7 Å². The summed E-state index contributed by atoms with van der Waals surface area (Å²) >= 11 is 0. The van der Waals surface area contributed by atoms with Gasteiger partial charge in [0.25, 0.3) is 5.91 Å². The molecule has 0 bridgehead atoms. The standard InChI is InChI=1S/C24H20FN3O5S/c25-17-6-8-18(9-7-17)28-22-3-1-2-20(21(22)15-27-28)24(31)26-14-16-4-10-19(11-5-16)34(32,33)13-12-23(29)30/h1-11,15H,12-14H2,(H,26,31)(H,29,30). The number of nitrogens with one attached hydrogen (secondary N) is 1. The number of aromatic nitrogens is 2. The number of carboxylic acid groups (broad SMARTS) is 1. The summed E-state index contributed by atoms with van der Waals surface area (Å²) in [6.07, 6.45) is 1.10. The zero-order valence-electron chi connectivity index (χ0n) is 17.8. The first-order chi connectivity index (χ1) is 16.2. The molecule has 1 amide bonds. The molecule has 3 aromatic carbocycles. The Kier molecular flexibility index (Phi) is 6.42. The van der Waals surface area contributed by atoms with Crippen LogP contribution in [0.1, 0.15) is 22.3 Å². The van der Waals surface area contributed by atoms with E-state index < -0.39 is 28.0 Å². The molecule has 174 valence electrons. The molecule has 0 unspecified atom stereocenters. The van der Waals surface area contributed by atoms with Crippen LogP contribution >= 0.6 is 0 Å². The third kappa shape index (κ3) is 4.96.